The van der Waals surface area contributed by atoms with Crippen molar-refractivity contribution in [2.24, 2.45) is 5.92 Å². The van der Waals surface area contributed by atoms with Crippen molar-refractivity contribution in [1.29, 1.82) is 5.26 Å². The largest absolute Gasteiger partial charge is 0.346 e. The predicted molar refractivity (Wildman–Crippen MR) is 98.8 cm³/mol. The Labute approximate surface area is 155 Å². The van der Waals surface area contributed by atoms with Gasteiger partial charge >= 0.3 is 0 Å². The SMILES string of the molecule is CC(=O)N(C)C[C@H]1CCN(S(=O)(=O)c2ccc(C#N)cc2)C[C@H]1N(C)C. The maximum Gasteiger partial charge on any atom is 0.243 e. The molecule has 7 nitrogen and oxygen atoms in total. The number of amides is 1. The van der Waals surface area contributed by atoms with E-state index in [4.69, 9.17) is 5.26 Å². The third kappa shape index (κ3) is 4.41. The second kappa shape index (κ2) is 8.16. The van der Waals surface area contributed by atoms with Gasteiger partial charge in [-0.1, -0.05) is 0 Å². The molecule has 1 aromatic rings. The molecule has 142 valence electrons. The van der Waals surface area contributed by atoms with Crippen molar-refractivity contribution in [3.8, 4) is 6.07 Å². The smallest absolute Gasteiger partial charge is 0.243 e. The summed E-state index contributed by atoms with van der Waals surface area (Å²) in [6.07, 6.45) is 0.690. The van der Waals surface area contributed by atoms with Gasteiger partial charge in [-0.05, 0) is 50.7 Å². The summed E-state index contributed by atoms with van der Waals surface area (Å²) >= 11 is 0. The lowest BCUT2D eigenvalue weighted by Gasteiger charge is -2.42. The van der Waals surface area contributed by atoms with Gasteiger partial charge in [-0.15, -0.1) is 0 Å². The topological polar surface area (TPSA) is 84.7 Å². The van der Waals surface area contributed by atoms with Crippen LogP contribution in [0.3, 0.4) is 0 Å². The summed E-state index contributed by atoms with van der Waals surface area (Å²) in [7, 11) is 2.04. The number of hydrogen-bond acceptors (Lipinski definition) is 5. The van der Waals surface area contributed by atoms with Crippen LogP contribution in [-0.2, 0) is 14.8 Å². The van der Waals surface area contributed by atoms with Crippen LogP contribution in [0.4, 0.5) is 0 Å². The molecule has 0 unspecified atom stereocenters. The normalized spacial score (nSPS) is 21.4. The van der Waals surface area contributed by atoms with Gasteiger partial charge in [0.05, 0.1) is 16.5 Å². The van der Waals surface area contributed by atoms with Gasteiger partial charge in [0.1, 0.15) is 0 Å². The Hall–Kier alpha value is -1.95. The van der Waals surface area contributed by atoms with Crippen molar-refractivity contribution in [2.45, 2.75) is 24.3 Å². The predicted octanol–water partition coefficient (Wildman–Crippen LogP) is 0.977. The Kier molecular flexibility index (Phi) is 6.39. The van der Waals surface area contributed by atoms with E-state index in [0.29, 0.717) is 31.6 Å². The minimum Gasteiger partial charge on any atom is -0.346 e. The van der Waals surface area contributed by atoms with Crippen molar-refractivity contribution >= 4 is 15.9 Å². The molecule has 0 saturated carbocycles. The zero-order chi connectivity index (χ0) is 19.5. The summed E-state index contributed by atoms with van der Waals surface area (Å²) in [5.41, 5.74) is 0.432. The molecule has 0 aliphatic carbocycles. The van der Waals surface area contributed by atoms with Crippen molar-refractivity contribution in [3.63, 3.8) is 0 Å². The van der Waals surface area contributed by atoms with Crippen molar-refractivity contribution in [2.75, 3.05) is 40.8 Å². The average molecular weight is 378 g/mol. The van der Waals surface area contributed by atoms with Crippen molar-refractivity contribution in [3.05, 3.63) is 29.8 Å². The molecule has 0 spiro atoms. The minimum absolute atomic E-state index is 0.00939. The summed E-state index contributed by atoms with van der Waals surface area (Å²) in [6.45, 7) is 2.95. The first kappa shape index (κ1) is 20.4. The van der Waals surface area contributed by atoms with E-state index >= 15 is 0 Å². The van der Waals surface area contributed by atoms with Crippen LogP contribution in [0.1, 0.15) is 18.9 Å². The molecule has 0 radical (unpaired) electrons. The lowest BCUT2D eigenvalue weighted by Crippen LogP contribution is -2.54. The highest BCUT2D eigenvalue weighted by Crippen LogP contribution is 2.27. The monoisotopic (exact) mass is 378 g/mol. The van der Waals surface area contributed by atoms with E-state index in [0.717, 1.165) is 0 Å². The number of carbonyl (C=O) groups excluding carboxylic acids is 1. The maximum absolute atomic E-state index is 13.0. The molecule has 0 N–H and O–H groups in total. The Morgan fingerprint density at radius 1 is 1.27 bits per heavy atom. The van der Waals surface area contributed by atoms with E-state index in [2.05, 4.69) is 0 Å². The molecule has 1 aliphatic rings. The van der Waals surface area contributed by atoms with Gasteiger partial charge in [0.2, 0.25) is 15.9 Å². The summed E-state index contributed by atoms with van der Waals surface area (Å²) in [6, 6.07) is 8.02. The molecule has 1 amide bonds. The number of hydrogen-bond donors (Lipinski definition) is 0. The Bertz CT molecular complexity index is 784. The molecule has 1 aromatic carbocycles. The molecule has 1 heterocycles. The van der Waals surface area contributed by atoms with Crippen LogP contribution in [0.25, 0.3) is 0 Å². The van der Waals surface area contributed by atoms with E-state index in [1.807, 2.05) is 25.1 Å². The van der Waals surface area contributed by atoms with Crippen molar-refractivity contribution < 1.29 is 13.2 Å². The Balaban J connectivity index is 2.19. The van der Waals surface area contributed by atoms with Crippen LogP contribution in [-0.4, -0.2) is 75.2 Å². The number of likely N-dealkylation sites (N-methyl/N-ethyl adjacent to an activating group) is 1. The van der Waals surface area contributed by atoms with Crippen LogP contribution in [0.5, 0.6) is 0 Å². The molecular formula is C18H26N4O3S. The highest BCUT2D eigenvalue weighted by molar-refractivity contribution is 7.89. The fourth-order valence-electron chi connectivity index (χ4n) is 3.30. The van der Waals surface area contributed by atoms with Crippen LogP contribution in [0, 0.1) is 17.2 Å². The van der Waals surface area contributed by atoms with Gasteiger partial charge in [0.15, 0.2) is 0 Å². The highest BCUT2D eigenvalue weighted by atomic mass is 32.2. The van der Waals surface area contributed by atoms with Crippen LogP contribution < -0.4 is 0 Å². The zero-order valence-corrected chi connectivity index (χ0v) is 16.5. The molecule has 1 fully saturated rings. The van der Waals surface area contributed by atoms with Crippen molar-refractivity contribution in [1.82, 2.24) is 14.1 Å². The zero-order valence-electron chi connectivity index (χ0n) is 15.7. The lowest BCUT2D eigenvalue weighted by molar-refractivity contribution is -0.128. The van der Waals surface area contributed by atoms with Crippen LogP contribution in [0.2, 0.25) is 0 Å². The third-order valence-electron chi connectivity index (χ3n) is 5.01. The highest BCUT2D eigenvalue weighted by Gasteiger charge is 2.37. The number of nitrogens with zero attached hydrogens (tertiary/aromatic N) is 4. The fourth-order valence-corrected chi connectivity index (χ4v) is 4.77. The Morgan fingerprint density at radius 3 is 2.38 bits per heavy atom. The molecule has 1 saturated heterocycles. The number of piperidine rings is 1. The summed E-state index contributed by atoms with van der Waals surface area (Å²) in [5.74, 6) is 0.224. The molecule has 8 heteroatoms. The molecule has 2 atom stereocenters. The first-order valence-corrected chi connectivity index (χ1v) is 9.99. The minimum atomic E-state index is -3.60. The number of nitriles is 1. The average Bonchev–Trinajstić information content (AvgIpc) is 2.61. The number of benzene rings is 1. The van der Waals surface area contributed by atoms with Crippen LogP contribution in [0.15, 0.2) is 29.2 Å². The maximum atomic E-state index is 13.0. The third-order valence-corrected chi connectivity index (χ3v) is 6.89. The molecule has 0 aromatic heterocycles. The lowest BCUT2D eigenvalue weighted by atomic mass is 9.91. The molecular weight excluding hydrogens is 352 g/mol. The number of carbonyl (C=O) groups is 1. The standard InChI is InChI=1S/C18H26N4O3S/c1-14(23)21(4)12-16-9-10-22(13-18(16)20(2)3)26(24,25)17-7-5-15(11-19)6-8-17/h5-8,16,18H,9-10,12-13H2,1-4H3/t16-,18-/m1/s1. The van der Waals surface area contributed by atoms with Crippen LogP contribution >= 0.6 is 0 Å². The van der Waals surface area contributed by atoms with E-state index in [1.54, 1.807) is 11.9 Å². The second-order valence-corrected chi connectivity index (χ2v) is 8.92. The van der Waals surface area contributed by atoms with Gasteiger partial charge < -0.3 is 9.80 Å². The fraction of sp³-hybridized carbons (Fsp3) is 0.556. The number of sulfonamides is 1. The van der Waals surface area contributed by atoms with E-state index in [9.17, 15) is 13.2 Å². The van der Waals surface area contributed by atoms with Gasteiger partial charge in [-0.3, -0.25) is 4.79 Å². The summed E-state index contributed by atoms with van der Waals surface area (Å²) in [4.78, 5) is 15.5. The van der Waals surface area contributed by atoms with Gasteiger partial charge in [-0.25, -0.2) is 8.42 Å². The van der Waals surface area contributed by atoms with Gasteiger partial charge in [-0.2, -0.15) is 9.57 Å². The molecule has 26 heavy (non-hydrogen) atoms. The first-order valence-electron chi connectivity index (χ1n) is 8.55. The quantitative estimate of drug-likeness (QED) is 0.762. The molecule has 2 rings (SSSR count). The number of rotatable bonds is 5. The summed E-state index contributed by atoms with van der Waals surface area (Å²) < 4.78 is 27.4. The molecule has 0 bridgehead atoms. The van der Waals surface area contributed by atoms with Gasteiger partial charge in [0.25, 0.3) is 0 Å². The van der Waals surface area contributed by atoms with E-state index in [1.165, 1.54) is 35.5 Å². The second-order valence-electron chi connectivity index (χ2n) is 6.98. The van der Waals surface area contributed by atoms with E-state index < -0.39 is 10.0 Å². The van der Waals surface area contributed by atoms with Gasteiger partial charge in [0, 0.05) is 39.6 Å². The summed E-state index contributed by atoms with van der Waals surface area (Å²) in [5, 5.41) is 8.87. The molecule has 1 aliphatic heterocycles. The van der Waals surface area contributed by atoms with E-state index in [-0.39, 0.29) is 22.8 Å². The Morgan fingerprint density at radius 2 is 1.88 bits per heavy atom. The first-order chi connectivity index (χ1) is 12.2.